The van der Waals surface area contributed by atoms with Gasteiger partial charge in [-0.15, -0.1) is 0 Å². The maximum atomic E-state index is 11.9. The summed E-state index contributed by atoms with van der Waals surface area (Å²) in [6.45, 7) is 2.16. The third kappa shape index (κ3) is 4.25. The summed E-state index contributed by atoms with van der Waals surface area (Å²) in [6, 6.07) is 13.4. The normalized spacial score (nSPS) is 10.2. The maximum absolute atomic E-state index is 11.9. The number of rotatable bonds is 5. The lowest BCUT2D eigenvalue weighted by molar-refractivity contribution is 0.0525. The van der Waals surface area contributed by atoms with E-state index in [0.29, 0.717) is 12.2 Å². The van der Waals surface area contributed by atoms with Crippen LogP contribution in [0.2, 0.25) is 0 Å². The van der Waals surface area contributed by atoms with Crippen molar-refractivity contribution in [1.29, 1.82) is 0 Å². The molecule has 0 bridgehead atoms. The second-order valence-electron chi connectivity index (χ2n) is 4.14. The molecule has 0 aromatic heterocycles. The van der Waals surface area contributed by atoms with Crippen molar-refractivity contribution in [3.63, 3.8) is 0 Å². The molecule has 0 unspecified atom stereocenters. The number of ether oxygens (including phenoxy) is 2. The first-order valence-electron chi connectivity index (χ1n) is 6.42. The summed E-state index contributed by atoms with van der Waals surface area (Å²) in [5.41, 5.74) is 0.537. The molecule has 2 aromatic carbocycles. The van der Waals surface area contributed by atoms with Crippen LogP contribution >= 0.6 is 27.7 Å². The van der Waals surface area contributed by atoms with E-state index in [1.807, 2.05) is 42.5 Å². The van der Waals surface area contributed by atoms with Crippen LogP contribution in [-0.2, 0) is 4.74 Å². The minimum Gasteiger partial charge on any atom is -0.497 e. The van der Waals surface area contributed by atoms with Crippen molar-refractivity contribution in [2.24, 2.45) is 0 Å². The predicted octanol–water partition coefficient (Wildman–Crippen LogP) is 4.79. The Morgan fingerprint density at radius 1 is 1.14 bits per heavy atom. The Labute approximate surface area is 136 Å². The molecule has 0 amide bonds. The zero-order valence-electron chi connectivity index (χ0n) is 11.8. The first-order chi connectivity index (χ1) is 10.1. The molecule has 0 aliphatic carbocycles. The van der Waals surface area contributed by atoms with Crippen molar-refractivity contribution in [2.75, 3.05) is 13.7 Å². The predicted molar refractivity (Wildman–Crippen MR) is 87.2 cm³/mol. The minimum absolute atomic E-state index is 0.318. The third-order valence-electron chi connectivity index (χ3n) is 2.73. The fraction of sp³-hybridized carbons (Fsp3) is 0.188. The van der Waals surface area contributed by atoms with Gasteiger partial charge in [-0.1, -0.05) is 11.8 Å². The molecular weight excluding hydrogens is 352 g/mol. The molecule has 0 spiro atoms. The van der Waals surface area contributed by atoms with Crippen LogP contribution in [0.1, 0.15) is 17.3 Å². The fourth-order valence-corrected chi connectivity index (χ4v) is 2.98. The van der Waals surface area contributed by atoms with Crippen LogP contribution in [0.4, 0.5) is 0 Å². The first kappa shape index (κ1) is 15.9. The third-order valence-corrected chi connectivity index (χ3v) is 4.42. The van der Waals surface area contributed by atoms with Crippen molar-refractivity contribution in [3.8, 4) is 5.75 Å². The Bertz CT molecular complexity index is 626. The molecule has 21 heavy (non-hydrogen) atoms. The number of hydrogen-bond acceptors (Lipinski definition) is 4. The van der Waals surface area contributed by atoms with Crippen LogP contribution in [0.3, 0.4) is 0 Å². The Morgan fingerprint density at radius 3 is 2.43 bits per heavy atom. The van der Waals surface area contributed by atoms with Crippen LogP contribution in [0, 0.1) is 0 Å². The van der Waals surface area contributed by atoms with Gasteiger partial charge in [-0.05, 0) is 65.3 Å². The van der Waals surface area contributed by atoms with Crippen molar-refractivity contribution in [1.82, 2.24) is 0 Å². The number of halogens is 1. The van der Waals surface area contributed by atoms with E-state index >= 15 is 0 Å². The van der Waals surface area contributed by atoms with Crippen molar-refractivity contribution in [2.45, 2.75) is 16.7 Å². The van der Waals surface area contributed by atoms with Crippen LogP contribution in [0.5, 0.6) is 5.75 Å². The van der Waals surface area contributed by atoms with E-state index < -0.39 is 0 Å². The van der Waals surface area contributed by atoms with Crippen LogP contribution in [0.25, 0.3) is 0 Å². The SMILES string of the molecule is CCOC(=O)c1cc(Sc2ccc(OC)cc2)ccc1Br. The molecule has 0 heterocycles. The molecule has 0 N–H and O–H groups in total. The van der Waals surface area contributed by atoms with Crippen LogP contribution in [-0.4, -0.2) is 19.7 Å². The average molecular weight is 367 g/mol. The molecule has 0 atom stereocenters. The summed E-state index contributed by atoms with van der Waals surface area (Å²) >= 11 is 4.96. The zero-order chi connectivity index (χ0) is 15.2. The van der Waals surface area contributed by atoms with E-state index in [-0.39, 0.29) is 5.97 Å². The zero-order valence-corrected chi connectivity index (χ0v) is 14.2. The molecule has 5 heteroatoms. The summed E-state index contributed by atoms with van der Waals surface area (Å²) in [5.74, 6) is 0.504. The molecule has 0 saturated carbocycles. The van der Waals surface area contributed by atoms with Crippen molar-refractivity contribution >= 4 is 33.7 Å². The molecule has 3 nitrogen and oxygen atoms in total. The number of hydrogen-bond donors (Lipinski definition) is 0. The quantitative estimate of drug-likeness (QED) is 0.712. The Hall–Kier alpha value is -1.46. The monoisotopic (exact) mass is 366 g/mol. The molecule has 0 aliphatic heterocycles. The summed E-state index contributed by atoms with van der Waals surface area (Å²) in [7, 11) is 1.64. The number of benzene rings is 2. The van der Waals surface area contributed by atoms with Gasteiger partial charge in [0.15, 0.2) is 0 Å². The van der Waals surface area contributed by atoms with E-state index in [1.54, 1.807) is 25.8 Å². The van der Waals surface area contributed by atoms with Gasteiger partial charge in [0, 0.05) is 14.3 Å². The molecule has 0 radical (unpaired) electrons. The number of carbonyl (C=O) groups excluding carboxylic acids is 1. The highest BCUT2D eigenvalue weighted by molar-refractivity contribution is 9.10. The molecule has 0 saturated heterocycles. The van der Waals surface area contributed by atoms with Gasteiger partial charge < -0.3 is 9.47 Å². The highest BCUT2D eigenvalue weighted by Gasteiger charge is 2.12. The van der Waals surface area contributed by atoms with E-state index in [9.17, 15) is 4.79 Å². The minimum atomic E-state index is -0.318. The topological polar surface area (TPSA) is 35.5 Å². The largest absolute Gasteiger partial charge is 0.497 e. The summed E-state index contributed by atoms with van der Waals surface area (Å²) < 4.78 is 10.9. The second-order valence-corrected chi connectivity index (χ2v) is 6.14. The van der Waals surface area contributed by atoms with Gasteiger partial charge in [-0.25, -0.2) is 4.79 Å². The van der Waals surface area contributed by atoms with Gasteiger partial charge in [-0.2, -0.15) is 0 Å². The standard InChI is InChI=1S/C16H15BrO3S/c1-3-20-16(18)14-10-13(8-9-15(14)17)21-12-6-4-11(19-2)5-7-12/h4-10H,3H2,1-2H3. The van der Waals surface area contributed by atoms with E-state index in [0.717, 1.165) is 20.0 Å². The lowest BCUT2D eigenvalue weighted by Gasteiger charge is -2.08. The van der Waals surface area contributed by atoms with Crippen molar-refractivity contribution in [3.05, 3.63) is 52.5 Å². The maximum Gasteiger partial charge on any atom is 0.339 e. The Kier molecular flexibility index (Phi) is 5.70. The van der Waals surface area contributed by atoms with Crippen LogP contribution < -0.4 is 4.74 Å². The Balaban J connectivity index is 2.20. The lowest BCUT2D eigenvalue weighted by atomic mass is 10.2. The summed E-state index contributed by atoms with van der Waals surface area (Å²) in [4.78, 5) is 13.9. The van der Waals surface area contributed by atoms with E-state index in [2.05, 4.69) is 15.9 Å². The molecular formula is C16H15BrO3S. The number of esters is 1. The average Bonchev–Trinajstić information content (AvgIpc) is 2.50. The van der Waals surface area contributed by atoms with Gasteiger partial charge in [0.05, 0.1) is 19.3 Å². The summed E-state index contributed by atoms with van der Waals surface area (Å²) in [5, 5.41) is 0. The highest BCUT2D eigenvalue weighted by atomic mass is 79.9. The molecule has 2 rings (SSSR count). The smallest absolute Gasteiger partial charge is 0.339 e. The second kappa shape index (κ2) is 7.52. The lowest BCUT2D eigenvalue weighted by Crippen LogP contribution is -2.05. The van der Waals surface area contributed by atoms with Gasteiger partial charge in [0.1, 0.15) is 5.75 Å². The number of carbonyl (C=O) groups is 1. The highest BCUT2D eigenvalue weighted by Crippen LogP contribution is 2.31. The number of methoxy groups -OCH3 is 1. The van der Waals surface area contributed by atoms with Gasteiger partial charge in [0.25, 0.3) is 0 Å². The molecule has 0 aliphatic rings. The summed E-state index contributed by atoms with van der Waals surface area (Å²) in [6.07, 6.45) is 0. The molecule has 2 aromatic rings. The first-order valence-corrected chi connectivity index (χ1v) is 8.03. The fourth-order valence-electron chi connectivity index (χ4n) is 1.71. The molecule has 0 fully saturated rings. The van der Waals surface area contributed by atoms with Gasteiger partial charge in [0.2, 0.25) is 0 Å². The van der Waals surface area contributed by atoms with Gasteiger partial charge >= 0.3 is 5.97 Å². The van der Waals surface area contributed by atoms with E-state index in [4.69, 9.17) is 9.47 Å². The Morgan fingerprint density at radius 2 is 1.81 bits per heavy atom. The van der Waals surface area contributed by atoms with E-state index in [1.165, 1.54) is 0 Å². The van der Waals surface area contributed by atoms with Gasteiger partial charge in [-0.3, -0.25) is 0 Å². The van der Waals surface area contributed by atoms with Crippen molar-refractivity contribution < 1.29 is 14.3 Å². The van der Waals surface area contributed by atoms with Crippen LogP contribution in [0.15, 0.2) is 56.7 Å². The molecule has 110 valence electrons.